The van der Waals surface area contributed by atoms with Crippen molar-refractivity contribution in [2.75, 3.05) is 0 Å². The van der Waals surface area contributed by atoms with Crippen LogP contribution >= 0.6 is 11.3 Å². The van der Waals surface area contributed by atoms with Crippen LogP contribution in [-0.2, 0) is 0 Å². The molecule has 4 aromatic rings. The fourth-order valence-corrected chi connectivity index (χ4v) is 4.30. The molecule has 0 aliphatic heterocycles. The molecule has 102 valence electrons. The third-order valence-corrected chi connectivity index (χ3v) is 5.28. The van der Waals surface area contributed by atoms with Crippen molar-refractivity contribution in [1.82, 2.24) is 0 Å². The third-order valence-electron chi connectivity index (χ3n) is 4.15. The van der Waals surface area contributed by atoms with Crippen molar-refractivity contribution in [3.8, 4) is 11.1 Å². The van der Waals surface area contributed by atoms with Crippen molar-refractivity contribution in [3.63, 3.8) is 0 Å². The summed E-state index contributed by atoms with van der Waals surface area (Å²) in [5.74, 6) is 0. The third kappa shape index (κ3) is 1.97. The summed E-state index contributed by atoms with van der Waals surface area (Å²) in [6, 6.07) is 22.0. The van der Waals surface area contributed by atoms with E-state index in [0.717, 1.165) is 0 Å². The molecule has 0 N–H and O–H groups in total. The highest BCUT2D eigenvalue weighted by Crippen LogP contribution is 2.37. The lowest BCUT2D eigenvalue weighted by Gasteiger charge is -2.10. The summed E-state index contributed by atoms with van der Waals surface area (Å²) in [5.41, 5.74) is 5.38. The standard InChI is InChI=1S/C20H16S/c1-13-6-5-7-14(2)20(13)15-10-11-17-16-8-3-4-9-18(16)21-19(17)12-15/h3-12H,1-2H3. The molecule has 0 saturated heterocycles. The van der Waals surface area contributed by atoms with E-state index in [4.69, 9.17) is 0 Å². The molecule has 0 fully saturated rings. The first-order valence-electron chi connectivity index (χ1n) is 7.22. The molecule has 21 heavy (non-hydrogen) atoms. The Kier molecular flexibility index (Phi) is 2.83. The molecule has 0 atom stereocenters. The highest BCUT2D eigenvalue weighted by molar-refractivity contribution is 7.25. The van der Waals surface area contributed by atoms with E-state index in [1.165, 1.54) is 42.4 Å². The second kappa shape index (κ2) is 4.71. The summed E-state index contributed by atoms with van der Waals surface area (Å²) in [6.07, 6.45) is 0. The summed E-state index contributed by atoms with van der Waals surface area (Å²) >= 11 is 1.88. The van der Waals surface area contributed by atoms with E-state index in [2.05, 4.69) is 74.5 Å². The van der Waals surface area contributed by atoms with Crippen LogP contribution in [0.25, 0.3) is 31.3 Å². The van der Waals surface area contributed by atoms with Gasteiger partial charge in [-0.2, -0.15) is 0 Å². The molecule has 0 bridgehead atoms. The molecular formula is C20H16S. The zero-order valence-electron chi connectivity index (χ0n) is 12.2. The molecule has 0 unspecified atom stereocenters. The minimum absolute atomic E-state index is 1.32. The minimum atomic E-state index is 1.32. The predicted octanol–water partition coefficient (Wildman–Crippen LogP) is 6.34. The summed E-state index contributed by atoms with van der Waals surface area (Å²) in [4.78, 5) is 0. The van der Waals surface area contributed by atoms with Gasteiger partial charge >= 0.3 is 0 Å². The normalized spacial score (nSPS) is 11.3. The molecule has 0 spiro atoms. The monoisotopic (exact) mass is 288 g/mol. The van der Waals surface area contributed by atoms with E-state index in [-0.39, 0.29) is 0 Å². The molecular weight excluding hydrogens is 272 g/mol. The molecule has 3 aromatic carbocycles. The van der Waals surface area contributed by atoms with Crippen LogP contribution in [0.1, 0.15) is 11.1 Å². The van der Waals surface area contributed by atoms with Crippen molar-refractivity contribution in [3.05, 3.63) is 71.8 Å². The van der Waals surface area contributed by atoms with E-state index in [1.807, 2.05) is 11.3 Å². The summed E-state index contributed by atoms with van der Waals surface area (Å²) in [7, 11) is 0. The van der Waals surface area contributed by atoms with Gasteiger partial charge in [0.05, 0.1) is 0 Å². The van der Waals surface area contributed by atoms with Gasteiger partial charge in [0.1, 0.15) is 0 Å². The zero-order valence-corrected chi connectivity index (χ0v) is 13.0. The fourth-order valence-electron chi connectivity index (χ4n) is 3.15. The predicted molar refractivity (Wildman–Crippen MR) is 94.2 cm³/mol. The summed E-state index contributed by atoms with van der Waals surface area (Å²) in [5, 5.41) is 2.73. The lowest BCUT2D eigenvalue weighted by atomic mass is 9.95. The molecule has 1 aromatic heterocycles. The Hall–Kier alpha value is -2.12. The largest absolute Gasteiger partial charge is 0.135 e. The molecule has 0 aliphatic carbocycles. The van der Waals surface area contributed by atoms with E-state index in [1.54, 1.807) is 0 Å². The Bertz CT molecular complexity index is 940. The summed E-state index contributed by atoms with van der Waals surface area (Å²) in [6.45, 7) is 4.38. The van der Waals surface area contributed by atoms with Gasteiger partial charge in [-0.15, -0.1) is 11.3 Å². The van der Waals surface area contributed by atoms with Crippen LogP contribution in [-0.4, -0.2) is 0 Å². The number of fused-ring (bicyclic) bond motifs is 3. The Labute approximate surface area is 128 Å². The average Bonchev–Trinajstić information content (AvgIpc) is 2.85. The van der Waals surface area contributed by atoms with Crippen molar-refractivity contribution in [2.24, 2.45) is 0 Å². The van der Waals surface area contributed by atoms with E-state index >= 15 is 0 Å². The van der Waals surface area contributed by atoms with Crippen molar-refractivity contribution >= 4 is 31.5 Å². The number of benzene rings is 3. The van der Waals surface area contributed by atoms with Crippen LogP contribution in [0.4, 0.5) is 0 Å². The molecule has 0 amide bonds. The first kappa shape index (κ1) is 12.6. The Balaban J connectivity index is 2.01. The van der Waals surface area contributed by atoms with E-state index in [0.29, 0.717) is 0 Å². The zero-order chi connectivity index (χ0) is 14.4. The van der Waals surface area contributed by atoms with Crippen LogP contribution in [0.15, 0.2) is 60.7 Å². The van der Waals surface area contributed by atoms with Gasteiger partial charge < -0.3 is 0 Å². The Morgan fingerprint density at radius 1 is 0.667 bits per heavy atom. The van der Waals surface area contributed by atoms with Gasteiger partial charge in [0.15, 0.2) is 0 Å². The van der Waals surface area contributed by atoms with Gasteiger partial charge in [0, 0.05) is 20.2 Å². The van der Waals surface area contributed by atoms with Crippen molar-refractivity contribution in [1.29, 1.82) is 0 Å². The second-order valence-electron chi connectivity index (χ2n) is 5.58. The quantitative estimate of drug-likeness (QED) is 0.383. The molecule has 1 heterocycles. The number of thiophene rings is 1. The highest BCUT2D eigenvalue weighted by Gasteiger charge is 2.09. The van der Waals surface area contributed by atoms with Crippen LogP contribution in [0, 0.1) is 13.8 Å². The topological polar surface area (TPSA) is 0 Å². The lowest BCUT2D eigenvalue weighted by molar-refractivity contribution is 1.38. The number of hydrogen-bond acceptors (Lipinski definition) is 1. The number of rotatable bonds is 1. The molecule has 0 aliphatic rings. The molecule has 0 radical (unpaired) electrons. The van der Waals surface area contributed by atoms with Gasteiger partial charge in [0.25, 0.3) is 0 Å². The van der Waals surface area contributed by atoms with Crippen molar-refractivity contribution < 1.29 is 0 Å². The first-order chi connectivity index (χ1) is 10.2. The Morgan fingerprint density at radius 3 is 2.19 bits per heavy atom. The van der Waals surface area contributed by atoms with Gasteiger partial charge in [-0.1, -0.05) is 48.5 Å². The molecule has 0 saturated carbocycles. The smallest absolute Gasteiger partial charge is 0.0361 e. The van der Waals surface area contributed by atoms with Gasteiger partial charge in [-0.25, -0.2) is 0 Å². The lowest BCUT2D eigenvalue weighted by Crippen LogP contribution is -1.87. The van der Waals surface area contributed by atoms with Crippen LogP contribution in [0.3, 0.4) is 0 Å². The first-order valence-corrected chi connectivity index (χ1v) is 8.03. The maximum atomic E-state index is 2.34. The highest BCUT2D eigenvalue weighted by atomic mass is 32.1. The average molecular weight is 288 g/mol. The SMILES string of the molecule is Cc1cccc(C)c1-c1ccc2c(c1)sc1ccccc12. The maximum absolute atomic E-state index is 2.34. The van der Waals surface area contributed by atoms with Gasteiger partial charge in [-0.3, -0.25) is 0 Å². The number of hydrogen-bond donors (Lipinski definition) is 0. The van der Waals surface area contributed by atoms with Crippen molar-refractivity contribution in [2.45, 2.75) is 13.8 Å². The maximum Gasteiger partial charge on any atom is 0.0361 e. The van der Waals surface area contributed by atoms with Crippen LogP contribution in [0.5, 0.6) is 0 Å². The van der Waals surface area contributed by atoms with E-state index < -0.39 is 0 Å². The van der Waals surface area contributed by atoms with Crippen LogP contribution in [0.2, 0.25) is 0 Å². The van der Waals surface area contributed by atoms with E-state index in [9.17, 15) is 0 Å². The Morgan fingerprint density at radius 2 is 1.38 bits per heavy atom. The second-order valence-corrected chi connectivity index (χ2v) is 6.66. The van der Waals surface area contributed by atoms with Gasteiger partial charge in [0.2, 0.25) is 0 Å². The van der Waals surface area contributed by atoms with Gasteiger partial charge in [-0.05, 0) is 48.2 Å². The van der Waals surface area contributed by atoms with Crippen LogP contribution < -0.4 is 0 Å². The summed E-state index contributed by atoms with van der Waals surface area (Å²) < 4.78 is 2.74. The minimum Gasteiger partial charge on any atom is -0.135 e. The molecule has 0 nitrogen and oxygen atoms in total. The number of aryl methyl sites for hydroxylation is 2. The fraction of sp³-hybridized carbons (Fsp3) is 0.100. The molecule has 4 rings (SSSR count). The molecule has 1 heteroatoms.